The molecule has 1 aromatic heterocycles. The molecule has 0 bridgehead atoms. The molecule has 120 valence electrons. The Kier molecular flexibility index (Phi) is 5.09. The Morgan fingerprint density at radius 3 is 2.71 bits per heavy atom. The first kappa shape index (κ1) is 16.4. The molecule has 1 heterocycles. The number of nitrogens with one attached hydrogen (secondary N) is 2. The molecule has 0 unspecified atom stereocenters. The van der Waals surface area contributed by atoms with Crippen molar-refractivity contribution >= 4 is 29.2 Å². The number of halogens is 2. The van der Waals surface area contributed by atoms with E-state index in [1.165, 1.54) is 18.0 Å². The van der Waals surface area contributed by atoms with Crippen LogP contribution in [0.3, 0.4) is 0 Å². The van der Waals surface area contributed by atoms with Crippen molar-refractivity contribution in [3.05, 3.63) is 82.4 Å². The fourth-order valence-electron chi connectivity index (χ4n) is 2.24. The number of aromatic nitrogens is 1. The lowest BCUT2D eigenvalue weighted by Crippen LogP contribution is -1.94. The highest BCUT2D eigenvalue weighted by molar-refractivity contribution is 8.00. The number of hydrogen-bond donors (Lipinski definition) is 2. The Hall–Kier alpha value is -2.42. The summed E-state index contributed by atoms with van der Waals surface area (Å²) in [4.78, 5) is 3.89. The van der Waals surface area contributed by atoms with Crippen LogP contribution in [0.2, 0.25) is 5.15 Å². The average Bonchev–Trinajstić information content (AvgIpc) is 2.95. The fraction of sp³-hybridized carbons (Fsp3) is 0.0556. The highest BCUT2D eigenvalue weighted by atomic mass is 35.5. The topological polar surface area (TPSA) is 51.6 Å². The van der Waals surface area contributed by atoms with Crippen molar-refractivity contribution in [1.29, 1.82) is 5.26 Å². The molecule has 6 heteroatoms. The van der Waals surface area contributed by atoms with Crippen molar-refractivity contribution in [3.63, 3.8) is 0 Å². The van der Waals surface area contributed by atoms with Crippen LogP contribution in [-0.4, -0.2) is 4.98 Å². The number of rotatable bonds is 5. The first-order valence-corrected chi connectivity index (χ1v) is 8.39. The van der Waals surface area contributed by atoms with Gasteiger partial charge in [-0.15, -0.1) is 0 Å². The summed E-state index contributed by atoms with van der Waals surface area (Å²) in [6.07, 6.45) is 2.48. The third kappa shape index (κ3) is 3.73. The number of nitrogens with zero attached hydrogens (tertiary/aromatic N) is 1. The summed E-state index contributed by atoms with van der Waals surface area (Å²) in [5.74, 6) is -0.465. The van der Waals surface area contributed by atoms with Gasteiger partial charge >= 0.3 is 0 Å². The highest BCUT2D eigenvalue weighted by Crippen LogP contribution is 2.32. The molecule has 3 aromatic rings. The monoisotopic (exact) mass is 357 g/mol. The molecule has 0 atom stereocenters. The van der Waals surface area contributed by atoms with E-state index in [0.717, 1.165) is 16.0 Å². The van der Waals surface area contributed by atoms with Crippen LogP contribution in [-0.2, 0) is 6.42 Å². The van der Waals surface area contributed by atoms with Gasteiger partial charge < -0.3 is 9.71 Å². The van der Waals surface area contributed by atoms with E-state index in [1.54, 1.807) is 18.3 Å². The largest absolute Gasteiger partial charge is 0.351 e. The van der Waals surface area contributed by atoms with Gasteiger partial charge in [0.05, 0.1) is 22.2 Å². The summed E-state index contributed by atoms with van der Waals surface area (Å²) < 4.78 is 16.9. The molecular formula is C18H13ClFN3S. The second-order valence-corrected chi connectivity index (χ2v) is 6.34. The second-order valence-electron chi connectivity index (χ2n) is 5.12. The minimum absolute atomic E-state index is 0.289. The van der Waals surface area contributed by atoms with Gasteiger partial charge in [0.15, 0.2) is 0 Å². The maximum absolute atomic E-state index is 13.9. The molecule has 2 N–H and O–H groups in total. The van der Waals surface area contributed by atoms with Crippen LogP contribution in [0.1, 0.15) is 16.7 Å². The van der Waals surface area contributed by atoms with Gasteiger partial charge in [0.2, 0.25) is 0 Å². The van der Waals surface area contributed by atoms with Crippen LogP contribution in [0.4, 0.5) is 10.1 Å². The van der Waals surface area contributed by atoms with Crippen molar-refractivity contribution in [2.45, 2.75) is 11.3 Å². The molecule has 0 fully saturated rings. The van der Waals surface area contributed by atoms with Crippen molar-refractivity contribution < 1.29 is 4.39 Å². The van der Waals surface area contributed by atoms with E-state index in [-0.39, 0.29) is 5.56 Å². The zero-order valence-corrected chi connectivity index (χ0v) is 14.1. The van der Waals surface area contributed by atoms with Gasteiger partial charge in [0.25, 0.3) is 0 Å². The summed E-state index contributed by atoms with van der Waals surface area (Å²) in [7, 11) is 0. The number of anilines is 1. The molecule has 24 heavy (non-hydrogen) atoms. The van der Waals surface area contributed by atoms with E-state index in [1.807, 2.05) is 36.4 Å². The third-order valence-corrected chi connectivity index (χ3v) is 4.73. The normalized spacial score (nSPS) is 10.4. The Labute approximate surface area is 148 Å². The lowest BCUT2D eigenvalue weighted by atomic mass is 10.1. The van der Waals surface area contributed by atoms with Gasteiger partial charge in [-0.3, -0.25) is 0 Å². The zero-order chi connectivity index (χ0) is 16.9. The Balaban J connectivity index is 1.76. The number of benzene rings is 2. The van der Waals surface area contributed by atoms with Crippen LogP contribution in [0.25, 0.3) is 0 Å². The number of hydrogen-bond acceptors (Lipinski definition) is 3. The molecule has 0 saturated heterocycles. The summed E-state index contributed by atoms with van der Waals surface area (Å²) in [6.45, 7) is 0. The molecule has 0 aliphatic rings. The maximum Gasteiger partial charge on any atom is 0.148 e. The van der Waals surface area contributed by atoms with Gasteiger partial charge in [-0.1, -0.05) is 41.9 Å². The number of H-pyrrole nitrogens is 1. The molecule has 0 saturated carbocycles. The van der Waals surface area contributed by atoms with E-state index >= 15 is 0 Å². The molecule has 3 nitrogen and oxygen atoms in total. The van der Waals surface area contributed by atoms with Gasteiger partial charge in [-0.25, -0.2) is 4.39 Å². The number of nitriles is 1. The predicted octanol–water partition coefficient (Wildman–Crippen LogP) is 5.39. The molecule has 2 aromatic carbocycles. The maximum atomic E-state index is 13.9. The van der Waals surface area contributed by atoms with Gasteiger partial charge in [0.1, 0.15) is 11.0 Å². The molecule has 0 aliphatic heterocycles. The molecular weight excluding hydrogens is 345 g/mol. The summed E-state index contributed by atoms with van der Waals surface area (Å²) in [5.41, 5.74) is 2.71. The fourth-order valence-corrected chi connectivity index (χ4v) is 3.32. The van der Waals surface area contributed by atoms with E-state index in [4.69, 9.17) is 16.9 Å². The quantitative estimate of drug-likeness (QED) is 0.602. The smallest absolute Gasteiger partial charge is 0.148 e. The first-order valence-electron chi connectivity index (χ1n) is 7.19. The molecule has 0 radical (unpaired) electrons. The molecule has 0 aliphatic carbocycles. The minimum Gasteiger partial charge on any atom is -0.351 e. The summed E-state index contributed by atoms with van der Waals surface area (Å²) in [6, 6.07) is 16.2. The summed E-state index contributed by atoms with van der Waals surface area (Å²) >= 11 is 7.52. The van der Waals surface area contributed by atoms with E-state index in [0.29, 0.717) is 17.3 Å². The Bertz CT molecular complexity index is 887. The van der Waals surface area contributed by atoms with Crippen LogP contribution >= 0.6 is 23.5 Å². The predicted molar refractivity (Wildman–Crippen MR) is 95.6 cm³/mol. The van der Waals surface area contributed by atoms with Crippen molar-refractivity contribution in [3.8, 4) is 6.07 Å². The van der Waals surface area contributed by atoms with E-state index in [2.05, 4.69) is 9.71 Å². The van der Waals surface area contributed by atoms with Crippen molar-refractivity contribution in [2.24, 2.45) is 0 Å². The standard InChI is InChI=1S/C18H13ClFN3S/c19-18-14(8-12-4-2-1-3-5-12)17(11-22-18)24-23-16-7-6-13(10-21)9-15(16)20/h1-7,9,11,22-23H,8H2. The summed E-state index contributed by atoms with van der Waals surface area (Å²) in [5, 5.41) is 9.35. The van der Waals surface area contributed by atoms with Crippen LogP contribution in [0, 0.1) is 17.1 Å². The van der Waals surface area contributed by atoms with Crippen molar-refractivity contribution in [2.75, 3.05) is 4.72 Å². The first-order chi connectivity index (χ1) is 11.7. The van der Waals surface area contributed by atoms with Gasteiger partial charge in [0, 0.05) is 18.2 Å². The number of aromatic amines is 1. The Morgan fingerprint density at radius 1 is 1.21 bits per heavy atom. The van der Waals surface area contributed by atoms with Gasteiger partial charge in [-0.2, -0.15) is 5.26 Å². The molecule has 0 spiro atoms. The average molecular weight is 358 g/mol. The minimum atomic E-state index is -0.465. The Morgan fingerprint density at radius 2 is 2.00 bits per heavy atom. The second kappa shape index (κ2) is 7.43. The lowest BCUT2D eigenvalue weighted by molar-refractivity contribution is 0.632. The van der Waals surface area contributed by atoms with Crippen molar-refractivity contribution in [1.82, 2.24) is 4.98 Å². The van der Waals surface area contributed by atoms with Crippen LogP contribution in [0.15, 0.2) is 59.6 Å². The van der Waals surface area contributed by atoms with Crippen LogP contribution in [0.5, 0.6) is 0 Å². The van der Waals surface area contributed by atoms with Crippen LogP contribution < -0.4 is 4.72 Å². The van der Waals surface area contributed by atoms with Gasteiger partial charge in [-0.05, 0) is 35.7 Å². The third-order valence-electron chi connectivity index (χ3n) is 3.49. The zero-order valence-electron chi connectivity index (χ0n) is 12.5. The lowest BCUT2D eigenvalue weighted by Gasteiger charge is -2.08. The van der Waals surface area contributed by atoms with E-state index in [9.17, 15) is 4.39 Å². The molecule has 0 amide bonds. The van der Waals surface area contributed by atoms with E-state index < -0.39 is 5.82 Å². The SMILES string of the molecule is N#Cc1ccc(NSc2c[nH]c(Cl)c2Cc2ccccc2)c(F)c1. The molecule has 3 rings (SSSR count). The highest BCUT2D eigenvalue weighted by Gasteiger charge is 2.12.